The lowest BCUT2D eigenvalue weighted by Crippen LogP contribution is -2.19. The Morgan fingerprint density at radius 3 is 1.89 bits per heavy atom. The van der Waals surface area contributed by atoms with Crippen molar-refractivity contribution >= 4 is 5.97 Å². The van der Waals surface area contributed by atoms with Gasteiger partial charge < -0.3 is 9.90 Å². The van der Waals surface area contributed by atoms with Crippen LogP contribution in [0.25, 0.3) is 0 Å². The van der Waals surface area contributed by atoms with Crippen LogP contribution in [-0.4, -0.2) is 5.97 Å². The normalized spacial score (nSPS) is 9.11. The molecule has 0 aliphatic heterocycles. The molecule has 0 aromatic rings. The highest BCUT2D eigenvalue weighted by atomic mass is 16.4. The van der Waals surface area contributed by atoms with E-state index >= 15 is 0 Å². The largest absolute Gasteiger partial charge is 0.537 e. The summed E-state index contributed by atoms with van der Waals surface area (Å²) in [6.45, 7) is 2.24. The highest BCUT2D eigenvalue weighted by Crippen LogP contribution is 2.10. The van der Waals surface area contributed by atoms with Crippen molar-refractivity contribution in [2.75, 3.05) is 0 Å². The molecule has 0 radical (unpaired) electrons. The lowest BCUT2D eigenvalue weighted by molar-refractivity contribution is -0.295. The van der Waals surface area contributed by atoms with Gasteiger partial charge in [0.2, 0.25) is 0 Å². The second-order valence-electron chi connectivity index (χ2n) is 4.77. The first-order valence-corrected chi connectivity index (χ1v) is 7.47. The molecule has 0 aromatic carbocycles. The van der Waals surface area contributed by atoms with Crippen molar-refractivity contribution in [1.29, 1.82) is 0 Å². The first-order valence-electron chi connectivity index (χ1n) is 7.47. The highest BCUT2D eigenvalue weighted by Gasteiger charge is 1.91. The van der Waals surface area contributed by atoms with Gasteiger partial charge in [0.1, 0.15) is 5.97 Å². The Balaban J connectivity index is 3.19. The molecule has 0 spiro atoms. The Morgan fingerprint density at radius 1 is 0.842 bits per heavy atom. The minimum absolute atomic E-state index is 0.804. The van der Waals surface area contributed by atoms with E-state index in [1.807, 2.05) is 5.92 Å². The van der Waals surface area contributed by atoms with Gasteiger partial charge in [-0.2, -0.15) is 0 Å². The van der Waals surface area contributed by atoms with Gasteiger partial charge in [0.05, 0.1) is 0 Å². The van der Waals surface area contributed by atoms with E-state index in [-0.39, 0.29) is 0 Å². The van der Waals surface area contributed by atoms with Crippen molar-refractivity contribution < 1.29 is 9.90 Å². The molecule has 0 aliphatic rings. The minimum Gasteiger partial charge on any atom is -0.537 e. The molecule has 0 heterocycles. The highest BCUT2D eigenvalue weighted by molar-refractivity contribution is 5.85. The van der Waals surface area contributed by atoms with Crippen molar-refractivity contribution in [1.82, 2.24) is 0 Å². The van der Waals surface area contributed by atoms with Crippen LogP contribution in [0.4, 0.5) is 0 Å². The van der Waals surface area contributed by atoms with E-state index in [1.54, 1.807) is 0 Å². The summed E-state index contributed by atoms with van der Waals surface area (Å²) < 4.78 is 0. The number of carbonyl (C=O) groups is 1. The first kappa shape index (κ1) is 17.6. The zero-order valence-electron chi connectivity index (χ0n) is 12.1. The lowest BCUT2D eigenvalue weighted by Gasteiger charge is -2.00. The number of aliphatic carboxylic acids is 1. The smallest absolute Gasteiger partial charge is 0.117 e. The van der Waals surface area contributed by atoms with Crippen LogP contribution in [0.1, 0.15) is 77.6 Å². The fourth-order valence-corrected chi connectivity index (χ4v) is 1.89. The van der Waals surface area contributed by atoms with Gasteiger partial charge in [0, 0.05) is 6.42 Å². The van der Waals surface area contributed by atoms with Gasteiger partial charge in [-0.25, -0.2) is 0 Å². The van der Waals surface area contributed by atoms with Gasteiger partial charge in [0.25, 0.3) is 0 Å². The minimum atomic E-state index is -1.37. The van der Waals surface area contributed by atoms with Crippen LogP contribution in [0.2, 0.25) is 0 Å². The maximum absolute atomic E-state index is 9.97. The molecule has 0 aromatic heterocycles. The van der Waals surface area contributed by atoms with Gasteiger partial charge >= 0.3 is 0 Å². The topological polar surface area (TPSA) is 40.1 Å². The molecule has 2 nitrogen and oxygen atoms in total. The SMILES string of the molecule is CCCCCCCCCCCCC#CC#CC(=O)[O-]. The third-order valence-corrected chi connectivity index (χ3v) is 2.97. The maximum Gasteiger partial charge on any atom is 0.117 e. The van der Waals surface area contributed by atoms with Crippen molar-refractivity contribution in [3.8, 4) is 23.7 Å². The molecule has 0 N–H and O–H groups in total. The third-order valence-electron chi connectivity index (χ3n) is 2.97. The van der Waals surface area contributed by atoms with Crippen LogP contribution in [0.5, 0.6) is 0 Å². The van der Waals surface area contributed by atoms with E-state index < -0.39 is 5.97 Å². The molecule has 19 heavy (non-hydrogen) atoms. The number of unbranched alkanes of at least 4 members (excludes halogenated alkanes) is 10. The molecule has 106 valence electrons. The number of rotatable bonds is 10. The van der Waals surface area contributed by atoms with E-state index in [9.17, 15) is 9.90 Å². The number of carboxylic acids is 1. The summed E-state index contributed by atoms with van der Waals surface area (Å²) in [6, 6.07) is 0. The zero-order chi connectivity index (χ0) is 14.2. The number of hydrogen-bond acceptors (Lipinski definition) is 2. The standard InChI is InChI=1S/C17H26O2/c1-2-3-4-5-6-7-8-9-10-11-12-13-14-15-16-17(18)19/h2-12H2,1H3,(H,18,19)/p-1. The molecule has 0 rings (SSSR count). The second-order valence-corrected chi connectivity index (χ2v) is 4.77. The van der Waals surface area contributed by atoms with E-state index in [4.69, 9.17) is 0 Å². The summed E-state index contributed by atoms with van der Waals surface area (Å²) in [7, 11) is 0. The van der Waals surface area contributed by atoms with Crippen LogP contribution in [-0.2, 0) is 4.79 Å². The predicted molar refractivity (Wildman–Crippen MR) is 77.0 cm³/mol. The molecule has 0 amide bonds. The fraction of sp³-hybridized carbons (Fsp3) is 0.706. The average molecular weight is 261 g/mol. The molecule has 0 saturated carbocycles. The average Bonchev–Trinajstić information content (AvgIpc) is 2.39. The molecule has 0 bridgehead atoms. The Bertz CT molecular complexity index is 336. The van der Waals surface area contributed by atoms with Crippen LogP contribution >= 0.6 is 0 Å². The van der Waals surface area contributed by atoms with Gasteiger partial charge in [-0.05, 0) is 24.2 Å². The first-order chi connectivity index (χ1) is 9.27. The molecule has 0 aliphatic carbocycles. The summed E-state index contributed by atoms with van der Waals surface area (Å²) in [5.41, 5.74) is 0. The summed E-state index contributed by atoms with van der Waals surface area (Å²) >= 11 is 0. The van der Waals surface area contributed by atoms with Gasteiger partial charge in [-0.1, -0.05) is 70.6 Å². The van der Waals surface area contributed by atoms with Crippen LogP contribution in [0, 0.1) is 23.7 Å². The molecule has 0 atom stereocenters. The molecule has 0 unspecified atom stereocenters. The quantitative estimate of drug-likeness (QED) is 0.448. The molecular formula is C17H25O2-. The number of hydrogen-bond donors (Lipinski definition) is 0. The van der Waals surface area contributed by atoms with Crippen LogP contribution in [0.15, 0.2) is 0 Å². The van der Waals surface area contributed by atoms with E-state index in [0.717, 1.165) is 12.8 Å². The molecular weight excluding hydrogens is 236 g/mol. The summed E-state index contributed by atoms with van der Waals surface area (Å²) in [6.07, 6.45) is 13.9. The van der Waals surface area contributed by atoms with Crippen molar-refractivity contribution in [3.05, 3.63) is 0 Å². The van der Waals surface area contributed by atoms with Crippen molar-refractivity contribution in [2.45, 2.75) is 77.6 Å². The van der Waals surface area contributed by atoms with Gasteiger partial charge in [-0.3, -0.25) is 0 Å². The molecule has 2 heteroatoms. The van der Waals surface area contributed by atoms with Crippen molar-refractivity contribution in [3.63, 3.8) is 0 Å². The Labute approximate surface area is 118 Å². The van der Waals surface area contributed by atoms with E-state index in [0.29, 0.717) is 0 Å². The summed E-state index contributed by atoms with van der Waals surface area (Å²) in [5, 5.41) is 9.97. The van der Waals surface area contributed by atoms with E-state index in [2.05, 4.69) is 24.7 Å². The zero-order valence-corrected chi connectivity index (χ0v) is 12.1. The van der Waals surface area contributed by atoms with E-state index in [1.165, 1.54) is 57.8 Å². The Hall–Kier alpha value is -1.41. The Kier molecular flexibility index (Phi) is 13.6. The monoisotopic (exact) mass is 261 g/mol. The number of carboxylic acid groups (broad SMARTS) is 1. The van der Waals surface area contributed by atoms with Crippen LogP contribution < -0.4 is 5.11 Å². The van der Waals surface area contributed by atoms with Crippen LogP contribution in [0.3, 0.4) is 0 Å². The molecule has 0 saturated heterocycles. The summed E-state index contributed by atoms with van der Waals surface area (Å²) in [4.78, 5) is 9.97. The van der Waals surface area contributed by atoms with Gasteiger partial charge in [0.15, 0.2) is 0 Å². The van der Waals surface area contributed by atoms with Gasteiger partial charge in [-0.15, -0.1) is 0 Å². The fourth-order valence-electron chi connectivity index (χ4n) is 1.89. The Morgan fingerprint density at radius 2 is 1.37 bits per heavy atom. The second kappa shape index (κ2) is 14.7. The number of carbonyl (C=O) groups excluding carboxylic acids is 1. The maximum atomic E-state index is 9.97. The predicted octanol–water partition coefficient (Wildman–Crippen LogP) is 3.05. The third kappa shape index (κ3) is 16.6. The summed E-state index contributed by atoms with van der Waals surface area (Å²) in [5.74, 6) is 8.11. The lowest BCUT2D eigenvalue weighted by atomic mass is 10.1. The van der Waals surface area contributed by atoms with Crippen molar-refractivity contribution in [2.24, 2.45) is 0 Å². The molecule has 0 fully saturated rings.